The fourth-order valence-electron chi connectivity index (χ4n) is 2.10. The lowest BCUT2D eigenvalue weighted by Gasteiger charge is -2.22. The van der Waals surface area contributed by atoms with Crippen molar-refractivity contribution in [2.45, 2.75) is 38.5 Å². The van der Waals surface area contributed by atoms with Crippen molar-refractivity contribution in [3.05, 3.63) is 0 Å². The third-order valence-electron chi connectivity index (χ3n) is 2.90. The molecule has 86 valence electrons. The maximum atomic E-state index is 12.1. The van der Waals surface area contributed by atoms with Crippen LogP contribution < -0.4 is 0 Å². The molecule has 0 amide bonds. The van der Waals surface area contributed by atoms with Crippen molar-refractivity contribution >= 4 is 0 Å². The van der Waals surface area contributed by atoms with Crippen LogP contribution in [0.2, 0.25) is 0 Å². The van der Waals surface area contributed by atoms with E-state index in [1.807, 2.05) is 0 Å². The van der Waals surface area contributed by atoms with Crippen LogP contribution in [0.5, 0.6) is 0 Å². The molecule has 1 rings (SSSR count). The van der Waals surface area contributed by atoms with Gasteiger partial charge in [0.25, 0.3) is 0 Å². The Balaban J connectivity index is 2.32. The summed E-state index contributed by atoms with van der Waals surface area (Å²) in [6.07, 6.45) is 1.58. The molecule has 0 aromatic carbocycles. The molecule has 0 N–H and O–H groups in total. The van der Waals surface area contributed by atoms with Crippen LogP contribution >= 0.6 is 0 Å². The highest BCUT2D eigenvalue weighted by Crippen LogP contribution is 2.19. The van der Waals surface area contributed by atoms with E-state index in [0.717, 1.165) is 32.4 Å². The number of likely N-dealkylation sites (tertiary alicyclic amines) is 1. The Kier molecular flexibility index (Phi) is 5.56. The first-order valence-corrected chi connectivity index (χ1v) is 5.60. The molecule has 0 aliphatic carbocycles. The molecule has 2 nitrogen and oxygen atoms in total. The second-order valence-electron chi connectivity index (χ2n) is 4.20. The lowest BCUT2D eigenvalue weighted by atomic mass is 10.0. The highest BCUT2D eigenvalue weighted by molar-refractivity contribution is 4.80. The molecule has 1 aliphatic rings. The fourth-order valence-corrected chi connectivity index (χ4v) is 2.10. The molecule has 0 aromatic heterocycles. The van der Waals surface area contributed by atoms with E-state index in [2.05, 4.69) is 11.0 Å². The minimum Gasteiger partial charge on any atom is -0.303 e. The van der Waals surface area contributed by atoms with Gasteiger partial charge in [0, 0.05) is 25.9 Å². The van der Waals surface area contributed by atoms with E-state index in [1.165, 1.54) is 0 Å². The van der Waals surface area contributed by atoms with Gasteiger partial charge in [0.2, 0.25) is 6.43 Å². The zero-order valence-corrected chi connectivity index (χ0v) is 8.96. The minimum absolute atomic E-state index is 0.0424. The van der Waals surface area contributed by atoms with E-state index in [9.17, 15) is 8.78 Å². The number of alkyl halides is 2. The van der Waals surface area contributed by atoms with Gasteiger partial charge in [-0.15, -0.1) is 0 Å². The van der Waals surface area contributed by atoms with Crippen molar-refractivity contribution in [1.29, 1.82) is 5.26 Å². The van der Waals surface area contributed by atoms with Gasteiger partial charge in [-0.1, -0.05) is 6.42 Å². The van der Waals surface area contributed by atoms with Crippen LogP contribution in [-0.2, 0) is 0 Å². The second kappa shape index (κ2) is 6.73. The molecule has 0 aromatic rings. The largest absolute Gasteiger partial charge is 0.303 e. The number of nitrogens with zero attached hydrogens (tertiary/aromatic N) is 2. The van der Waals surface area contributed by atoms with Crippen LogP contribution in [0.15, 0.2) is 0 Å². The molecule has 1 heterocycles. The molecule has 0 saturated carbocycles. The Morgan fingerprint density at radius 3 is 2.87 bits per heavy atom. The number of halogens is 2. The lowest BCUT2D eigenvalue weighted by Crippen LogP contribution is -2.30. The molecule has 0 radical (unpaired) electrons. The van der Waals surface area contributed by atoms with E-state index in [1.54, 1.807) is 0 Å². The molecular formula is C11H18F2N2. The number of hydrogen-bond acceptors (Lipinski definition) is 2. The maximum absolute atomic E-state index is 12.1. The summed E-state index contributed by atoms with van der Waals surface area (Å²) in [4.78, 5) is 2.08. The summed E-state index contributed by atoms with van der Waals surface area (Å²) in [5, 5.41) is 8.63. The van der Waals surface area contributed by atoms with Gasteiger partial charge in [-0.25, -0.2) is 8.78 Å². The molecule has 1 atom stereocenters. The van der Waals surface area contributed by atoms with E-state index in [-0.39, 0.29) is 6.42 Å². The minimum atomic E-state index is -2.21. The normalized spacial score (nSPS) is 23.7. The Morgan fingerprint density at radius 2 is 2.20 bits per heavy atom. The summed E-state index contributed by atoms with van der Waals surface area (Å²) in [6.45, 7) is 2.20. The van der Waals surface area contributed by atoms with Crippen LogP contribution in [0.3, 0.4) is 0 Å². The van der Waals surface area contributed by atoms with Gasteiger partial charge in [-0.2, -0.15) is 5.26 Å². The van der Waals surface area contributed by atoms with Gasteiger partial charge in [0.05, 0.1) is 6.07 Å². The van der Waals surface area contributed by atoms with E-state index < -0.39 is 6.43 Å². The van der Waals surface area contributed by atoms with Crippen molar-refractivity contribution in [3.63, 3.8) is 0 Å². The van der Waals surface area contributed by atoms with Gasteiger partial charge < -0.3 is 4.90 Å². The standard InChI is InChI=1S/C11H18F2N2/c12-11(13)5-8-15-7-2-1-3-10(9-15)4-6-14/h10-11H,1-5,7-9H2. The maximum Gasteiger partial charge on any atom is 0.239 e. The summed E-state index contributed by atoms with van der Waals surface area (Å²) < 4.78 is 24.1. The zero-order valence-electron chi connectivity index (χ0n) is 8.96. The predicted molar refractivity (Wildman–Crippen MR) is 54.6 cm³/mol. The Hall–Kier alpha value is -0.690. The number of hydrogen-bond donors (Lipinski definition) is 0. The van der Waals surface area contributed by atoms with Crippen molar-refractivity contribution in [2.24, 2.45) is 5.92 Å². The average Bonchev–Trinajstić information content (AvgIpc) is 2.41. The van der Waals surface area contributed by atoms with Crippen LogP contribution in [0, 0.1) is 17.2 Å². The van der Waals surface area contributed by atoms with E-state index >= 15 is 0 Å². The van der Waals surface area contributed by atoms with E-state index in [4.69, 9.17) is 5.26 Å². The lowest BCUT2D eigenvalue weighted by molar-refractivity contribution is 0.113. The summed E-state index contributed by atoms with van der Waals surface area (Å²) in [5.41, 5.74) is 0. The van der Waals surface area contributed by atoms with Crippen molar-refractivity contribution in [3.8, 4) is 6.07 Å². The van der Waals surface area contributed by atoms with Crippen molar-refractivity contribution in [1.82, 2.24) is 4.90 Å². The molecule has 0 spiro atoms. The molecule has 15 heavy (non-hydrogen) atoms. The van der Waals surface area contributed by atoms with Crippen LogP contribution in [0.1, 0.15) is 32.1 Å². The van der Waals surface area contributed by atoms with Crippen LogP contribution in [0.4, 0.5) is 8.78 Å². The fraction of sp³-hybridized carbons (Fsp3) is 0.909. The Bertz CT molecular complexity index is 213. The van der Waals surface area contributed by atoms with E-state index in [0.29, 0.717) is 18.9 Å². The molecule has 1 unspecified atom stereocenters. The highest BCUT2D eigenvalue weighted by Gasteiger charge is 2.18. The number of rotatable bonds is 4. The molecular weight excluding hydrogens is 198 g/mol. The average molecular weight is 216 g/mol. The summed E-state index contributed by atoms with van der Waals surface area (Å²) >= 11 is 0. The third kappa shape index (κ3) is 5.08. The van der Waals surface area contributed by atoms with Crippen molar-refractivity contribution in [2.75, 3.05) is 19.6 Å². The first-order chi connectivity index (χ1) is 7.22. The van der Waals surface area contributed by atoms with Gasteiger partial charge in [0.1, 0.15) is 0 Å². The molecule has 4 heteroatoms. The zero-order chi connectivity index (χ0) is 11.1. The predicted octanol–water partition coefficient (Wildman–Crippen LogP) is 2.66. The second-order valence-corrected chi connectivity index (χ2v) is 4.20. The van der Waals surface area contributed by atoms with Crippen molar-refractivity contribution < 1.29 is 8.78 Å². The molecule has 0 bridgehead atoms. The molecule has 1 aliphatic heterocycles. The quantitative estimate of drug-likeness (QED) is 0.722. The molecule has 1 fully saturated rings. The monoisotopic (exact) mass is 216 g/mol. The smallest absolute Gasteiger partial charge is 0.239 e. The van der Waals surface area contributed by atoms with Crippen LogP contribution in [0.25, 0.3) is 0 Å². The van der Waals surface area contributed by atoms with Crippen LogP contribution in [-0.4, -0.2) is 31.0 Å². The van der Waals surface area contributed by atoms with Gasteiger partial charge in [-0.3, -0.25) is 0 Å². The first kappa shape index (κ1) is 12.4. The molecule has 1 saturated heterocycles. The Labute approximate surface area is 89.9 Å². The summed E-state index contributed by atoms with van der Waals surface area (Å²) in [6, 6.07) is 2.18. The summed E-state index contributed by atoms with van der Waals surface area (Å²) in [5.74, 6) is 0.384. The first-order valence-electron chi connectivity index (χ1n) is 5.60. The van der Waals surface area contributed by atoms with Gasteiger partial charge >= 0.3 is 0 Å². The SMILES string of the molecule is N#CCC1CCCCN(CCC(F)F)C1. The highest BCUT2D eigenvalue weighted by atomic mass is 19.3. The van der Waals surface area contributed by atoms with Gasteiger partial charge in [-0.05, 0) is 25.3 Å². The Morgan fingerprint density at radius 1 is 1.40 bits per heavy atom. The van der Waals surface area contributed by atoms with Gasteiger partial charge in [0.15, 0.2) is 0 Å². The third-order valence-corrected chi connectivity index (χ3v) is 2.90. The number of nitriles is 1. The topological polar surface area (TPSA) is 27.0 Å². The summed E-state index contributed by atoms with van der Waals surface area (Å²) in [7, 11) is 0.